The highest BCUT2D eigenvalue weighted by Gasteiger charge is 2.54. The predicted molar refractivity (Wildman–Crippen MR) is 250 cm³/mol. The van der Waals surface area contributed by atoms with Crippen molar-refractivity contribution in [1.82, 2.24) is 4.48 Å². The molecule has 0 unspecified atom stereocenters. The van der Waals surface area contributed by atoms with Crippen LogP contribution in [0.2, 0.25) is 0 Å². The van der Waals surface area contributed by atoms with Crippen molar-refractivity contribution in [2.24, 2.45) is 0 Å². The van der Waals surface area contributed by atoms with Crippen LogP contribution < -0.4 is 0 Å². The smallest absolute Gasteiger partial charge is 0.285 e. The second kappa shape index (κ2) is 14.4. The standard InChI is InChI=1S/C55H59BFN2/c1-52(2,3)41-26-18-36(19-27-41)45-34-47(38-22-30-43(31-23-38)54(7,8)9)58-50(45)49(40-16-14-13-15-17-40)51-46(37-20-28-42(29-21-37)53(4,5)6)35-48(59(51)56(58)57)39-24-32-44(33-25-39)55(10,11)12/h13-35H,1-12H3/q+1. The van der Waals surface area contributed by atoms with Crippen LogP contribution in [0.5, 0.6) is 0 Å². The Hall–Kier alpha value is -5.48. The number of aromatic nitrogens is 1. The normalized spacial score (nSPS) is 14.8. The van der Waals surface area contributed by atoms with Gasteiger partial charge in [0.25, 0.3) is 0 Å². The van der Waals surface area contributed by atoms with Crippen LogP contribution in [0.25, 0.3) is 33.5 Å². The molecule has 3 heterocycles. The Balaban J connectivity index is 1.48. The Morgan fingerprint density at radius 3 is 1.31 bits per heavy atom. The minimum Gasteiger partial charge on any atom is -0.285 e. The molecule has 1 aromatic heterocycles. The molecule has 0 N–H and O–H groups in total. The molecule has 5 aromatic carbocycles. The second-order valence-corrected chi connectivity index (χ2v) is 20.7. The van der Waals surface area contributed by atoms with Crippen molar-refractivity contribution in [3.63, 3.8) is 0 Å². The van der Waals surface area contributed by atoms with Gasteiger partial charge in [0, 0.05) is 22.9 Å². The summed E-state index contributed by atoms with van der Waals surface area (Å²) >= 11 is 0. The molecule has 0 saturated heterocycles. The van der Waals surface area contributed by atoms with Gasteiger partial charge in [-0.3, -0.25) is 4.48 Å². The Labute approximate surface area is 353 Å². The van der Waals surface area contributed by atoms with Gasteiger partial charge in [0.05, 0.1) is 16.8 Å². The van der Waals surface area contributed by atoms with Crippen LogP contribution >= 0.6 is 0 Å². The SMILES string of the molecule is CC(C)(C)c1ccc(C2=CC(c3ccc(C(C)(C)C)cc3)=[N+]3B(F)n4c(-c5ccc(C(C)(C)C)cc5)cc(-c5ccc(C(C)(C)C)cc5)c4C(c4ccccc4)=C23)cc1. The number of allylic oxidation sites excluding steroid dienone is 2. The summed E-state index contributed by atoms with van der Waals surface area (Å²) in [5.41, 5.74) is 16.7. The summed E-state index contributed by atoms with van der Waals surface area (Å²) in [5.74, 6) is 0. The quantitative estimate of drug-likeness (QED) is 0.154. The van der Waals surface area contributed by atoms with Crippen molar-refractivity contribution in [3.8, 4) is 22.4 Å². The summed E-state index contributed by atoms with van der Waals surface area (Å²) in [5, 5.41) is 0. The molecule has 4 heteroatoms. The second-order valence-electron chi connectivity index (χ2n) is 20.7. The van der Waals surface area contributed by atoms with Crippen molar-refractivity contribution in [1.29, 1.82) is 0 Å². The van der Waals surface area contributed by atoms with E-state index in [2.05, 4.69) is 223 Å². The molecule has 2 aliphatic rings. The highest BCUT2D eigenvalue weighted by molar-refractivity contribution is 6.46. The van der Waals surface area contributed by atoms with E-state index in [0.717, 1.165) is 67.3 Å². The molecule has 0 amide bonds. The van der Waals surface area contributed by atoms with Gasteiger partial charge in [-0.1, -0.05) is 198 Å². The third-order valence-electron chi connectivity index (χ3n) is 12.3. The molecule has 8 rings (SSSR count). The molecule has 0 saturated carbocycles. The van der Waals surface area contributed by atoms with E-state index in [9.17, 15) is 0 Å². The van der Waals surface area contributed by atoms with Crippen molar-refractivity contribution in [2.45, 2.75) is 105 Å². The van der Waals surface area contributed by atoms with Crippen LogP contribution in [-0.4, -0.2) is 21.9 Å². The lowest BCUT2D eigenvalue weighted by atomic mass is 9.82. The lowest BCUT2D eigenvalue weighted by molar-refractivity contribution is -0.332. The molecule has 0 atom stereocenters. The highest BCUT2D eigenvalue weighted by atomic mass is 19.1. The first-order valence-corrected chi connectivity index (χ1v) is 21.2. The van der Waals surface area contributed by atoms with Gasteiger partial charge in [0.1, 0.15) is 0 Å². The summed E-state index contributed by atoms with van der Waals surface area (Å²) in [6, 6.07) is 48.2. The fourth-order valence-electron chi connectivity index (χ4n) is 8.57. The van der Waals surface area contributed by atoms with E-state index in [0.29, 0.717) is 0 Å². The molecule has 2 aliphatic heterocycles. The average molecular weight is 778 g/mol. The van der Waals surface area contributed by atoms with Crippen LogP contribution in [0.4, 0.5) is 4.32 Å². The van der Waals surface area contributed by atoms with E-state index in [1.165, 1.54) is 22.3 Å². The van der Waals surface area contributed by atoms with E-state index in [1.54, 1.807) is 0 Å². The summed E-state index contributed by atoms with van der Waals surface area (Å²) in [7, 11) is -1.53. The van der Waals surface area contributed by atoms with Crippen molar-refractivity contribution in [2.75, 3.05) is 0 Å². The van der Waals surface area contributed by atoms with Gasteiger partial charge < -0.3 is 0 Å². The number of halogens is 1. The van der Waals surface area contributed by atoms with Gasteiger partial charge in [0.2, 0.25) is 5.70 Å². The zero-order valence-electron chi connectivity index (χ0n) is 37.1. The number of hydrogen-bond donors (Lipinski definition) is 0. The van der Waals surface area contributed by atoms with Crippen LogP contribution in [0.15, 0.2) is 145 Å². The molecular weight excluding hydrogens is 718 g/mol. The van der Waals surface area contributed by atoms with Gasteiger partial charge >= 0.3 is 7.26 Å². The highest BCUT2D eigenvalue weighted by Crippen LogP contribution is 2.49. The predicted octanol–water partition coefficient (Wildman–Crippen LogP) is 14.2. The number of hydrogen-bond acceptors (Lipinski definition) is 0. The van der Waals surface area contributed by atoms with Crippen LogP contribution in [-0.2, 0) is 21.7 Å². The van der Waals surface area contributed by atoms with Gasteiger partial charge in [-0.2, -0.15) is 0 Å². The molecule has 0 aliphatic carbocycles. The van der Waals surface area contributed by atoms with E-state index in [1.807, 2.05) is 8.96 Å². The first kappa shape index (κ1) is 40.3. The van der Waals surface area contributed by atoms with Crippen LogP contribution in [0.3, 0.4) is 0 Å². The van der Waals surface area contributed by atoms with Gasteiger partial charge in [-0.25, -0.2) is 8.80 Å². The maximum Gasteiger partial charge on any atom is 0.847 e. The first-order valence-electron chi connectivity index (χ1n) is 21.2. The molecule has 59 heavy (non-hydrogen) atoms. The Morgan fingerprint density at radius 2 is 0.864 bits per heavy atom. The third-order valence-corrected chi connectivity index (χ3v) is 12.3. The minimum atomic E-state index is -1.53. The average Bonchev–Trinajstić information content (AvgIpc) is 3.78. The molecular formula is C55H59BFN2+. The largest absolute Gasteiger partial charge is 0.847 e. The molecule has 298 valence electrons. The maximum atomic E-state index is 18.7. The summed E-state index contributed by atoms with van der Waals surface area (Å²) in [4.78, 5) is 0. The molecule has 0 spiro atoms. The summed E-state index contributed by atoms with van der Waals surface area (Å²) in [6.45, 7) is 26.9. The maximum absolute atomic E-state index is 18.7. The topological polar surface area (TPSA) is 7.94 Å². The molecule has 2 nitrogen and oxygen atoms in total. The van der Waals surface area contributed by atoms with E-state index < -0.39 is 7.26 Å². The van der Waals surface area contributed by atoms with Crippen LogP contribution in [0.1, 0.15) is 128 Å². The lowest BCUT2D eigenvalue weighted by Gasteiger charge is -2.25. The fourth-order valence-corrected chi connectivity index (χ4v) is 8.57. The van der Waals surface area contributed by atoms with Crippen LogP contribution in [0, 0.1) is 0 Å². The van der Waals surface area contributed by atoms with E-state index in [4.69, 9.17) is 0 Å². The summed E-state index contributed by atoms with van der Waals surface area (Å²) in [6.07, 6.45) is 2.23. The number of benzene rings is 5. The zero-order valence-corrected chi connectivity index (χ0v) is 37.1. The molecule has 0 bridgehead atoms. The molecule has 6 aromatic rings. The summed E-state index contributed by atoms with van der Waals surface area (Å²) < 4.78 is 22.6. The minimum absolute atomic E-state index is 0.00377. The van der Waals surface area contributed by atoms with E-state index >= 15 is 4.32 Å². The third kappa shape index (κ3) is 7.41. The molecule has 0 radical (unpaired) electrons. The van der Waals surface area contributed by atoms with E-state index in [-0.39, 0.29) is 21.7 Å². The Morgan fingerprint density at radius 1 is 0.458 bits per heavy atom. The Bertz CT molecular complexity index is 2630. The van der Waals surface area contributed by atoms with Crippen molar-refractivity contribution >= 4 is 24.1 Å². The van der Waals surface area contributed by atoms with Gasteiger partial charge in [-0.15, -0.1) is 0 Å². The first-order chi connectivity index (χ1) is 27.7. The molecule has 0 fully saturated rings. The monoisotopic (exact) mass is 777 g/mol. The lowest BCUT2D eigenvalue weighted by Crippen LogP contribution is -2.41. The van der Waals surface area contributed by atoms with Crippen molar-refractivity contribution < 1.29 is 8.80 Å². The Kier molecular flexibility index (Phi) is 9.81. The number of nitrogens with zero attached hydrogens (tertiary/aromatic N) is 2. The van der Waals surface area contributed by atoms with Crippen molar-refractivity contribution in [3.05, 3.63) is 190 Å². The number of rotatable bonds is 5. The fraction of sp³-hybridized carbons (Fsp3) is 0.291. The zero-order chi connectivity index (χ0) is 42.2. The number of fused-ring (bicyclic) bond motifs is 2. The van der Waals surface area contributed by atoms with Gasteiger partial charge in [-0.05, 0) is 84.4 Å². The van der Waals surface area contributed by atoms with Gasteiger partial charge in [0.15, 0.2) is 5.71 Å².